The summed E-state index contributed by atoms with van der Waals surface area (Å²) in [6.45, 7) is 6.74. The van der Waals surface area contributed by atoms with Crippen LogP contribution in [0.4, 0.5) is 15.1 Å². The molecule has 0 aliphatic carbocycles. The standard InChI is InChI=1S/C19H19FN4O4/c1-10-7-14(20)13(9-12(10)16(25)26)11-5-6-24-15(8-11)21-17(23-24)22-18(27)28-19(2,3)4/h5-9H,1-4H3,(H,25,26)(H,22,23,27). The lowest BCUT2D eigenvalue weighted by atomic mass is 9.99. The molecule has 28 heavy (non-hydrogen) atoms. The van der Waals surface area contributed by atoms with Crippen LogP contribution in [-0.2, 0) is 4.74 Å². The number of rotatable bonds is 3. The number of carboxylic acids is 1. The Morgan fingerprint density at radius 3 is 2.61 bits per heavy atom. The van der Waals surface area contributed by atoms with Gasteiger partial charge in [-0.3, -0.25) is 5.32 Å². The molecule has 3 rings (SSSR count). The van der Waals surface area contributed by atoms with Crippen LogP contribution in [0.15, 0.2) is 30.5 Å². The lowest BCUT2D eigenvalue weighted by Crippen LogP contribution is -2.27. The number of anilines is 1. The second kappa shape index (κ2) is 6.91. The Balaban J connectivity index is 1.94. The number of ether oxygens (including phenoxy) is 1. The summed E-state index contributed by atoms with van der Waals surface area (Å²) >= 11 is 0. The molecule has 0 fully saturated rings. The summed E-state index contributed by atoms with van der Waals surface area (Å²) in [5.41, 5.74) is 0.603. The molecule has 2 N–H and O–H groups in total. The van der Waals surface area contributed by atoms with Gasteiger partial charge in [0.1, 0.15) is 11.4 Å². The summed E-state index contributed by atoms with van der Waals surface area (Å²) in [5.74, 6) is -1.65. The molecule has 0 radical (unpaired) electrons. The Morgan fingerprint density at radius 2 is 1.96 bits per heavy atom. The minimum Gasteiger partial charge on any atom is -0.478 e. The number of amides is 1. The monoisotopic (exact) mass is 386 g/mol. The van der Waals surface area contributed by atoms with E-state index in [1.807, 2.05) is 0 Å². The van der Waals surface area contributed by atoms with Gasteiger partial charge in [-0.25, -0.2) is 18.5 Å². The number of aromatic nitrogens is 3. The Kier molecular flexibility index (Phi) is 4.76. The predicted molar refractivity (Wildman–Crippen MR) is 99.9 cm³/mol. The molecular formula is C19H19FN4O4. The average Bonchev–Trinajstić information content (AvgIpc) is 2.93. The number of hydrogen-bond donors (Lipinski definition) is 2. The van der Waals surface area contributed by atoms with Crippen LogP contribution < -0.4 is 5.32 Å². The second-order valence-electron chi connectivity index (χ2n) is 7.23. The van der Waals surface area contributed by atoms with Crippen LogP contribution in [0.3, 0.4) is 0 Å². The van der Waals surface area contributed by atoms with Gasteiger partial charge >= 0.3 is 12.1 Å². The highest BCUT2D eigenvalue weighted by Crippen LogP contribution is 2.27. The first kappa shape index (κ1) is 19.3. The normalized spacial score (nSPS) is 11.5. The summed E-state index contributed by atoms with van der Waals surface area (Å²) in [5, 5.41) is 15.8. The number of carbonyl (C=O) groups is 2. The van der Waals surface area contributed by atoms with Gasteiger partial charge in [0, 0.05) is 11.8 Å². The molecule has 0 unspecified atom stereocenters. The van der Waals surface area contributed by atoms with Gasteiger partial charge in [-0.2, -0.15) is 4.98 Å². The highest BCUT2D eigenvalue weighted by molar-refractivity contribution is 5.91. The third-order valence-corrected chi connectivity index (χ3v) is 3.81. The molecule has 2 heterocycles. The molecule has 0 saturated heterocycles. The van der Waals surface area contributed by atoms with E-state index in [1.54, 1.807) is 32.9 Å². The van der Waals surface area contributed by atoms with Gasteiger partial charge < -0.3 is 9.84 Å². The van der Waals surface area contributed by atoms with Crippen molar-refractivity contribution in [3.05, 3.63) is 47.4 Å². The molecule has 0 aliphatic rings. The van der Waals surface area contributed by atoms with Crippen LogP contribution in [0.1, 0.15) is 36.7 Å². The van der Waals surface area contributed by atoms with Crippen LogP contribution in [-0.4, -0.2) is 37.4 Å². The Bertz CT molecular complexity index is 1090. The van der Waals surface area contributed by atoms with E-state index in [9.17, 15) is 19.1 Å². The average molecular weight is 386 g/mol. The van der Waals surface area contributed by atoms with Crippen molar-refractivity contribution in [1.82, 2.24) is 14.6 Å². The summed E-state index contributed by atoms with van der Waals surface area (Å²) < 4.78 is 21.0. The van der Waals surface area contributed by atoms with Gasteiger partial charge in [0.05, 0.1) is 5.56 Å². The van der Waals surface area contributed by atoms with E-state index in [-0.39, 0.29) is 17.1 Å². The van der Waals surface area contributed by atoms with Crippen molar-refractivity contribution in [2.24, 2.45) is 0 Å². The number of hydrogen-bond acceptors (Lipinski definition) is 5. The molecule has 9 heteroatoms. The summed E-state index contributed by atoms with van der Waals surface area (Å²) in [6, 6.07) is 5.60. The Hall–Kier alpha value is -3.49. The molecule has 2 aromatic heterocycles. The second-order valence-corrected chi connectivity index (χ2v) is 7.23. The predicted octanol–water partition coefficient (Wildman–Crippen LogP) is 3.89. The van der Waals surface area contributed by atoms with Gasteiger partial charge in [0.15, 0.2) is 5.65 Å². The van der Waals surface area contributed by atoms with Crippen molar-refractivity contribution in [3.8, 4) is 11.1 Å². The fraction of sp³-hybridized carbons (Fsp3) is 0.263. The van der Waals surface area contributed by atoms with Crippen LogP contribution in [0.2, 0.25) is 0 Å². The van der Waals surface area contributed by atoms with Crippen LogP contribution >= 0.6 is 0 Å². The minimum absolute atomic E-state index is 0.0185. The number of aryl methyl sites for hydroxylation is 1. The van der Waals surface area contributed by atoms with Crippen LogP contribution in [0.25, 0.3) is 16.8 Å². The molecule has 1 amide bonds. The maximum atomic E-state index is 14.4. The molecule has 0 aliphatic heterocycles. The first-order valence-corrected chi connectivity index (χ1v) is 8.44. The zero-order valence-corrected chi connectivity index (χ0v) is 15.8. The summed E-state index contributed by atoms with van der Waals surface area (Å²) in [6.07, 6.45) is 0.844. The fourth-order valence-corrected chi connectivity index (χ4v) is 2.62. The number of aromatic carboxylic acids is 1. The number of fused-ring (bicyclic) bond motifs is 1. The van der Waals surface area contributed by atoms with Crippen LogP contribution in [0.5, 0.6) is 0 Å². The van der Waals surface area contributed by atoms with Crippen molar-refractivity contribution < 1.29 is 23.8 Å². The third kappa shape index (κ3) is 4.08. The van der Waals surface area contributed by atoms with Crippen molar-refractivity contribution in [3.63, 3.8) is 0 Å². The molecule has 8 nitrogen and oxygen atoms in total. The number of carbonyl (C=O) groups excluding carboxylic acids is 1. The highest BCUT2D eigenvalue weighted by atomic mass is 19.1. The largest absolute Gasteiger partial charge is 0.478 e. The molecule has 1 aromatic carbocycles. The van der Waals surface area contributed by atoms with E-state index >= 15 is 0 Å². The summed E-state index contributed by atoms with van der Waals surface area (Å²) in [4.78, 5) is 27.4. The zero-order chi connectivity index (χ0) is 20.6. The topological polar surface area (TPSA) is 106 Å². The first-order valence-electron chi connectivity index (χ1n) is 8.44. The van der Waals surface area contributed by atoms with Gasteiger partial charge in [-0.15, -0.1) is 5.10 Å². The minimum atomic E-state index is -1.13. The van der Waals surface area contributed by atoms with Crippen molar-refractivity contribution in [2.75, 3.05) is 5.32 Å². The third-order valence-electron chi connectivity index (χ3n) is 3.81. The van der Waals surface area contributed by atoms with Gasteiger partial charge in [0.2, 0.25) is 0 Å². The van der Waals surface area contributed by atoms with E-state index in [0.29, 0.717) is 16.8 Å². The molecule has 146 valence electrons. The van der Waals surface area contributed by atoms with Crippen molar-refractivity contribution in [1.29, 1.82) is 0 Å². The molecule has 0 bridgehead atoms. The first-order chi connectivity index (χ1) is 13.0. The van der Waals surface area contributed by atoms with E-state index in [1.165, 1.54) is 29.8 Å². The lowest BCUT2D eigenvalue weighted by Gasteiger charge is -2.18. The number of nitrogens with zero attached hydrogens (tertiary/aromatic N) is 3. The molecule has 0 atom stereocenters. The Morgan fingerprint density at radius 1 is 1.25 bits per heavy atom. The zero-order valence-electron chi connectivity index (χ0n) is 15.8. The van der Waals surface area contributed by atoms with Crippen molar-refractivity contribution in [2.45, 2.75) is 33.3 Å². The molecule has 0 saturated carbocycles. The Labute approximate surface area is 160 Å². The SMILES string of the molecule is Cc1cc(F)c(-c2ccn3nc(NC(=O)OC(C)(C)C)nc3c2)cc1C(=O)O. The number of pyridine rings is 1. The molecular weight excluding hydrogens is 367 g/mol. The summed E-state index contributed by atoms with van der Waals surface area (Å²) in [7, 11) is 0. The number of nitrogens with one attached hydrogen (secondary N) is 1. The molecule has 0 spiro atoms. The van der Waals surface area contributed by atoms with E-state index in [4.69, 9.17) is 4.74 Å². The van der Waals surface area contributed by atoms with Gasteiger partial charge in [-0.1, -0.05) is 0 Å². The van der Waals surface area contributed by atoms with E-state index in [0.717, 1.165) is 0 Å². The highest BCUT2D eigenvalue weighted by Gasteiger charge is 2.18. The number of halogens is 1. The lowest BCUT2D eigenvalue weighted by molar-refractivity contribution is 0.0632. The van der Waals surface area contributed by atoms with E-state index in [2.05, 4.69) is 15.4 Å². The van der Waals surface area contributed by atoms with Gasteiger partial charge in [-0.05, 0) is 63.1 Å². The van der Waals surface area contributed by atoms with Gasteiger partial charge in [0.25, 0.3) is 5.95 Å². The maximum Gasteiger partial charge on any atom is 0.414 e. The maximum absolute atomic E-state index is 14.4. The van der Waals surface area contributed by atoms with Crippen molar-refractivity contribution >= 4 is 23.7 Å². The van der Waals surface area contributed by atoms with Crippen LogP contribution in [0, 0.1) is 12.7 Å². The number of benzene rings is 1. The number of carboxylic acid groups (broad SMARTS) is 1. The molecule has 3 aromatic rings. The fourth-order valence-electron chi connectivity index (χ4n) is 2.62. The quantitative estimate of drug-likeness (QED) is 0.707. The smallest absolute Gasteiger partial charge is 0.414 e. The van der Waals surface area contributed by atoms with E-state index < -0.39 is 23.5 Å².